The number of carbonyl (C=O) groups is 1. The maximum Gasteiger partial charge on any atom is 0.516 e. The molecule has 46 heavy (non-hydrogen) atoms. The lowest BCUT2D eigenvalue weighted by Crippen LogP contribution is -2.30. The molecule has 5 aromatic rings. The van der Waals surface area contributed by atoms with Gasteiger partial charge in [-0.1, -0.05) is 42.8 Å². The molecule has 0 bridgehead atoms. The number of anilines is 1. The van der Waals surface area contributed by atoms with Crippen LogP contribution in [0.4, 0.5) is 18.9 Å². The Morgan fingerprint density at radius 2 is 1.93 bits per heavy atom. The molecule has 0 aliphatic carbocycles. The molecule has 2 N–H and O–H groups in total. The Hall–Kier alpha value is -3.59. The fraction of sp³-hybridized carbons (Fsp3) is 0.226. The first-order chi connectivity index (χ1) is 21.8. The van der Waals surface area contributed by atoms with E-state index < -0.39 is 15.5 Å². The number of carbonyl (C=O) groups excluding carboxylic acids is 1. The number of sulfonamides is 1. The van der Waals surface area contributed by atoms with Crippen LogP contribution in [0.1, 0.15) is 35.3 Å². The highest BCUT2D eigenvalue weighted by atomic mass is 79.9. The Bertz CT molecular complexity index is 2040. The number of rotatable bonds is 11. The second kappa shape index (κ2) is 13.6. The molecule has 0 atom stereocenters. The van der Waals surface area contributed by atoms with E-state index in [0.717, 1.165) is 22.7 Å². The topological polar surface area (TPSA) is 106 Å². The average Bonchev–Trinajstić information content (AvgIpc) is 3.71. The smallest absolute Gasteiger partial charge is 0.455 e. The summed E-state index contributed by atoms with van der Waals surface area (Å²) in [7, 11) is -4.09. The van der Waals surface area contributed by atoms with Gasteiger partial charge in [-0.15, -0.1) is 11.3 Å². The van der Waals surface area contributed by atoms with E-state index in [1.54, 1.807) is 41.3 Å². The van der Waals surface area contributed by atoms with Gasteiger partial charge in [0, 0.05) is 47.8 Å². The summed E-state index contributed by atoms with van der Waals surface area (Å²) in [6.07, 6.45) is 3.62. The van der Waals surface area contributed by atoms with E-state index in [9.17, 15) is 26.4 Å². The highest BCUT2D eigenvalue weighted by Gasteiger charge is 2.46. The predicted octanol–water partition coefficient (Wildman–Crippen LogP) is 8.41. The largest absolute Gasteiger partial charge is 0.516 e. The number of likely N-dealkylation sites (N-methyl/N-ethyl adjacent to an activating group) is 1. The number of nitrogens with zero attached hydrogens (tertiary/aromatic N) is 2. The van der Waals surface area contributed by atoms with E-state index in [0.29, 0.717) is 46.1 Å². The third-order valence-corrected chi connectivity index (χ3v) is 10.1. The number of furan rings is 1. The van der Waals surface area contributed by atoms with Gasteiger partial charge in [-0.05, 0) is 69.7 Å². The Morgan fingerprint density at radius 3 is 2.61 bits per heavy atom. The van der Waals surface area contributed by atoms with Gasteiger partial charge >= 0.3 is 15.5 Å². The number of aryl methyl sites for hydroxylation is 1. The Morgan fingerprint density at radius 1 is 1.17 bits per heavy atom. The first-order valence-corrected chi connectivity index (χ1v) is 17.5. The minimum Gasteiger partial charge on any atom is -0.455 e. The molecule has 0 aliphatic heterocycles. The minimum atomic E-state index is -5.66. The normalized spacial score (nSPS) is 12.5. The Kier molecular flexibility index (Phi) is 10.0. The van der Waals surface area contributed by atoms with Crippen molar-refractivity contribution in [3.05, 3.63) is 97.1 Å². The SMILES string of the molecule is CCCc1nc(Cl)c(/C=C(\Cc2cccs2)C(=O)NC)n1Cc1ccc2oc(-c3ccccc3NS(=O)(=O)C(F)(F)F)c(Br)c2c1. The van der Waals surface area contributed by atoms with Crippen LogP contribution in [0.15, 0.2) is 74.4 Å². The first-order valence-electron chi connectivity index (χ1n) is 13.9. The number of thiophene rings is 1. The summed E-state index contributed by atoms with van der Waals surface area (Å²) in [4.78, 5) is 18.5. The summed E-state index contributed by atoms with van der Waals surface area (Å²) in [6.45, 7) is 2.36. The molecule has 0 saturated carbocycles. The van der Waals surface area contributed by atoms with Gasteiger partial charge in [-0.25, -0.2) is 4.98 Å². The fourth-order valence-electron chi connectivity index (χ4n) is 4.87. The maximum atomic E-state index is 13.1. The summed E-state index contributed by atoms with van der Waals surface area (Å²) >= 11 is 11.7. The van der Waals surface area contributed by atoms with Gasteiger partial charge < -0.3 is 14.3 Å². The molecule has 3 heterocycles. The highest BCUT2D eigenvalue weighted by molar-refractivity contribution is 9.10. The fourth-order valence-corrected chi connectivity index (χ4v) is 7.04. The lowest BCUT2D eigenvalue weighted by molar-refractivity contribution is -0.117. The van der Waals surface area contributed by atoms with Gasteiger partial charge in [-0.2, -0.15) is 21.6 Å². The number of halogens is 5. The van der Waals surface area contributed by atoms with E-state index in [2.05, 4.69) is 26.2 Å². The summed E-state index contributed by atoms with van der Waals surface area (Å²) in [5.74, 6) is 0.657. The van der Waals surface area contributed by atoms with Gasteiger partial charge in [0.2, 0.25) is 5.91 Å². The van der Waals surface area contributed by atoms with Gasteiger partial charge in [0.1, 0.15) is 11.4 Å². The number of hydrogen-bond donors (Lipinski definition) is 2. The van der Waals surface area contributed by atoms with Crippen LogP contribution in [-0.4, -0.2) is 36.4 Å². The number of imidazole rings is 1. The van der Waals surface area contributed by atoms with Crippen molar-refractivity contribution < 1.29 is 30.8 Å². The molecule has 1 amide bonds. The standard InChI is InChI=1S/C31H27BrClF3N4O4S2/c1-3-7-26-38-29(33)24(16-19(30(41)37-2)15-20-8-6-13-45-20)40(26)17-18-11-12-25-22(14-18)27(32)28(44-25)21-9-4-5-10-23(21)39-46(42,43)31(34,35)36/h4-6,8-14,16,39H,3,7,15,17H2,1-2H3,(H,37,41)/b19-16+. The number of fused-ring (bicyclic) bond motifs is 1. The van der Waals surface area contributed by atoms with Crippen LogP contribution in [0.2, 0.25) is 5.15 Å². The summed E-state index contributed by atoms with van der Waals surface area (Å²) in [6, 6.07) is 15.0. The average molecular weight is 756 g/mol. The van der Waals surface area contributed by atoms with Crippen molar-refractivity contribution in [2.75, 3.05) is 11.8 Å². The van der Waals surface area contributed by atoms with Crippen molar-refractivity contribution in [2.24, 2.45) is 0 Å². The van der Waals surface area contributed by atoms with Crippen LogP contribution < -0.4 is 10.0 Å². The van der Waals surface area contributed by atoms with E-state index in [-0.39, 0.29) is 28.1 Å². The van der Waals surface area contributed by atoms with Crippen molar-refractivity contribution >= 4 is 77.5 Å². The van der Waals surface area contributed by atoms with Crippen LogP contribution in [-0.2, 0) is 34.2 Å². The zero-order valence-corrected chi connectivity index (χ0v) is 28.4. The van der Waals surface area contributed by atoms with E-state index in [1.807, 2.05) is 41.1 Å². The molecule has 15 heteroatoms. The Balaban J connectivity index is 1.55. The summed E-state index contributed by atoms with van der Waals surface area (Å²) in [5, 5.41) is 5.53. The van der Waals surface area contributed by atoms with Gasteiger partial charge in [0.15, 0.2) is 10.9 Å². The number of benzene rings is 2. The van der Waals surface area contributed by atoms with Crippen molar-refractivity contribution in [1.29, 1.82) is 0 Å². The highest BCUT2D eigenvalue weighted by Crippen LogP contribution is 2.42. The molecule has 0 aliphatic rings. The first kappa shape index (κ1) is 33.8. The monoisotopic (exact) mass is 754 g/mol. The second-order valence-electron chi connectivity index (χ2n) is 10.2. The van der Waals surface area contributed by atoms with Crippen LogP contribution in [0, 0.1) is 0 Å². The van der Waals surface area contributed by atoms with Crippen LogP contribution in [0.3, 0.4) is 0 Å². The molecule has 0 spiro atoms. The molecule has 242 valence electrons. The lowest BCUT2D eigenvalue weighted by atomic mass is 10.1. The molecular formula is C31H27BrClF3N4O4S2. The molecule has 3 aromatic heterocycles. The van der Waals surface area contributed by atoms with E-state index in [1.165, 1.54) is 18.2 Å². The van der Waals surface area contributed by atoms with Crippen LogP contribution in [0.5, 0.6) is 0 Å². The summed E-state index contributed by atoms with van der Waals surface area (Å²) in [5.41, 5.74) is -3.31. The number of alkyl halides is 3. The Labute approximate surface area is 280 Å². The molecular weight excluding hydrogens is 729 g/mol. The molecule has 0 radical (unpaired) electrons. The zero-order valence-electron chi connectivity index (χ0n) is 24.4. The third-order valence-electron chi connectivity index (χ3n) is 7.04. The second-order valence-corrected chi connectivity index (χ2v) is 14.1. The van der Waals surface area contributed by atoms with Crippen molar-refractivity contribution in [1.82, 2.24) is 14.9 Å². The molecule has 0 unspecified atom stereocenters. The quantitative estimate of drug-likeness (QED) is 0.132. The molecule has 0 fully saturated rings. The molecule has 8 nitrogen and oxygen atoms in total. The molecule has 2 aromatic carbocycles. The van der Waals surface area contributed by atoms with E-state index >= 15 is 0 Å². The number of nitrogens with one attached hydrogen (secondary N) is 2. The van der Waals surface area contributed by atoms with E-state index in [4.69, 9.17) is 16.0 Å². The lowest BCUT2D eigenvalue weighted by Gasteiger charge is -2.13. The van der Waals surface area contributed by atoms with Gasteiger partial charge in [0.05, 0.1) is 15.9 Å². The number of hydrogen-bond acceptors (Lipinski definition) is 6. The number of amides is 1. The number of aromatic nitrogens is 2. The predicted molar refractivity (Wildman–Crippen MR) is 178 cm³/mol. The molecule has 0 saturated heterocycles. The van der Waals surface area contributed by atoms with Crippen molar-refractivity contribution in [2.45, 2.75) is 38.2 Å². The van der Waals surface area contributed by atoms with Crippen LogP contribution in [0.25, 0.3) is 28.4 Å². The van der Waals surface area contributed by atoms with Crippen molar-refractivity contribution in [3.8, 4) is 11.3 Å². The van der Waals surface area contributed by atoms with Crippen LogP contribution >= 0.6 is 38.9 Å². The minimum absolute atomic E-state index is 0.117. The number of para-hydroxylation sites is 1. The van der Waals surface area contributed by atoms with Crippen molar-refractivity contribution in [3.63, 3.8) is 0 Å². The van der Waals surface area contributed by atoms with Gasteiger partial charge in [-0.3, -0.25) is 9.52 Å². The maximum absolute atomic E-state index is 13.1. The zero-order chi connectivity index (χ0) is 33.2. The third kappa shape index (κ3) is 7.04. The summed E-state index contributed by atoms with van der Waals surface area (Å²) < 4.78 is 73.1. The van der Waals surface area contributed by atoms with Gasteiger partial charge in [0.25, 0.3) is 0 Å². The molecule has 5 rings (SSSR count).